The fourth-order valence-electron chi connectivity index (χ4n) is 1.78. The number of amides is 1. The summed E-state index contributed by atoms with van der Waals surface area (Å²) in [6.07, 6.45) is 0.920. The molecule has 0 fully saturated rings. The molecule has 110 valence electrons. The van der Waals surface area contributed by atoms with Gasteiger partial charge in [0, 0.05) is 5.02 Å². The summed E-state index contributed by atoms with van der Waals surface area (Å²) in [6.45, 7) is 1.99. The SMILES string of the molecule is CCc1cccc(OCC(=O)Nc2ccc(Cl)cc2Cl)c1. The third-order valence-electron chi connectivity index (χ3n) is 2.88. The molecule has 0 spiro atoms. The minimum absolute atomic E-state index is 0.0773. The van der Waals surface area contributed by atoms with Crippen LogP contribution in [-0.2, 0) is 11.2 Å². The van der Waals surface area contributed by atoms with E-state index < -0.39 is 0 Å². The average molecular weight is 324 g/mol. The number of anilines is 1. The van der Waals surface area contributed by atoms with Crippen molar-refractivity contribution in [2.75, 3.05) is 11.9 Å². The van der Waals surface area contributed by atoms with Crippen molar-refractivity contribution in [1.82, 2.24) is 0 Å². The van der Waals surface area contributed by atoms with E-state index >= 15 is 0 Å². The molecule has 2 aromatic rings. The van der Waals surface area contributed by atoms with Crippen LogP contribution >= 0.6 is 23.2 Å². The summed E-state index contributed by atoms with van der Waals surface area (Å²) in [5.74, 6) is 0.396. The monoisotopic (exact) mass is 323 g/mol. The Bertz CT molecular complexity index is 644. The van der Waals surface area contributed by atoms with Crippen LogP contribution in [0.4, 0.5) is 5.69 Å². The van der Waals surface area contributed by atoms with Crippen LogP contribution in [0.2, 0.25) is 10.0 Å². The van der Waals surface area contributed by atoms with Gasteiger partial charge >= 0.3 is 0 Å². The Hall–Kier alpha value is -1.71. The summed E-state index contributed by atoms with van der Waals surface area (Å²) < 4.78 is 5.46. The highest BCUT2D eigenvalue weighted by molar-refractivity contribution is 6.36. The van der Waals surface area contributed by atoms with E-state index in [1.807, 2.05) is 24.3 Å². The van der Waals surface area contributed by atoms with Gasteiger partial charge in [-0.05, 0) is 42.3 Å². The minimum atomic E-state index is -0.277. The Morgan fingerprint density at radius 2 is 2.00 bits per heavy atom. The lowest BCUT2D eigenvalue weighted by atomic mass is 10.2. The lowest BCUT2D eigenvalue weighted by Gasteiger charge is -2.09. The molecule has 1 N–H and O–H groups in total. The van der Waals surface area contributed by atoms with E-state index in [-0.39, 0.29) is 12.5 Å². The molecule has 0 saturated heterocycles. The van der Waals surface area contributed by atoms with Gasteiger partial charge in [0.25, 0.3) is 5.91 Å². The van der Waals surface area contributed by atoms with Gasteiger partial charge < -0.3 is 10.1 Å². The van der Waals surface area contributed by atoms with Crippen molar-refractivity contribution in [3.05, 3.63) is 58.1 Å². The van der Waals surface area contributed by atoms with Gasteiger partial charge in [-0.1, -0.05) is 42.3 Å². The standard InChI is InChI=1S/C16H15Cl2NO2/c1-2-11-4-3-5-13(8-11)21-10-16(20)19-15-7-6-12(17)9-14(15)18/h3-9H,2,10H2,1H3,(H,19,20). The van der Waals surface area contributed by atoms with Gasteiger partial charge in [0.1, 0.15) is 5.75 Å². The maximum absolute atomic E-state index is 11.8. The largest absolute Gasteiger partial charge is 0.484 e. The number of rotatable bonds is 5. The molecule has 1 amide bonds. The highest BCUT2D eigenvalue weighted by Crippen LogP contribution is 2.25. The van der Waals surface area contributed by atoms with Crippen molar-refractivity contribution < 1.29 is 9.53 Å². The van der Waals surface area contributed by atoms with Crippen LogP contribution in [0, 0.1) is 0 Å². The number of hydrogen-bond acceptors (Lipinski definition) is 2. The molecule has 0 aliphatic carbocycles. The molecule has 0 saturated carbocycles. The zero-order valence-corrected chi connectivity index (χ0v) is 13.0. The van der Waals surface area contributed by atoms with Crippen LogP contribution in [0.1, 0.15) is 12.5 Å². The van der Waals surface area contributed by atoms with E-state index in [1.54, 1.807) is 18.2 Å². The highest BCUT2D eigenvalue weighted by atomic mass is 35.5. The van der Waals surface area contributed by atoms with Crippen LogP contribution in [0.5, 0.6) is 5.75 Å². The summed E-state index contributed by atoms with van der Waals surface area (Å²) in [6, 6.07) is 12.5. The molecule has 2 aromatic carbocycles. The number of hydrogen-bond donors (Lipinski definition) is 1. The van der Waals surface area contributed by atoms with Crippen LogP contribution < -0.4 is 10.1 Å². The summed E-state index contributed by atoms with van der Waals surface area (Å²) in [5.41, 5.74) is 1.67. The molecular formula is C16H15Cl2NO2. The molecule has 0 bridgehead atoms. The molecule has 0 atom stereocenters. The number of benzene rings is 2. The topological polar surface area (TPSA) is 38.3 Å². The van der Waals surface area contributed by atoms with Crippen molar-refractivity contribution in [2.45, 2.75) is 13.3 Å². The zero-order valence-electron chi connectivity index (χ0n) is 11.5. The Kier molecular flexibility index (Phi) is 5.48. The molecule has 21 heavy (non-hydrogen) atoms. The first-order valence-electron chi connectivity index (χ1n) is 6.55. The van der Waals surface area contributed by atoms with Crippen LogP contribution in [0.3, 0.4) is 0 Å². The molecule has 0 radical (unpaired) electrons. The maximum atomic E-state index is 11.8. The normalized spacial score (nSPS) is 10.2. The average Bonchev–Trinajstić information content (AvgIpc) is 2.48. The smallest absolute Gasteiger partial charge is 0.262 e. The second kappa shape index (κ2) is 7.34. The predicted molar refractivity (Wildman–Crippen MR) is 86.4 cm³/mol. The Balaban J connectivity index is 1.92. The van der Waals surface area contributed by atoms with E-state index in [2.05, 4.69) is 12.2 Å². The molecule has 0 aromatic heterocycles. The lowest BCUT2D eigenvalue weighted by Crippen LogP contribution is -2.20. The van der Waals surface area contributed by atoms with Crippen molar-refractivity contribution >= 4 is 34.8 Å². The first-order chi connectivity index (χ1) is 10.1. The third kappa shape index (κ3) is 4.66. The molecule has 2 rings (SSSR count). The van der Waals surface area contributed by atoms with Crippen LogP contribution in [-0.4, -0.2) is 12.5 Å². The summed E-state index contributed by atoms with van der Waals surface area (Å²) in [5, 5.41) is 3.59. The number of carbonyl (C=O) groups excluding carboxylic acids is 1. The van der Waals surface area contributed by atoms with Gasteiger partial charge in [0.15, 0.2) is 6.61 Å². The first-order valence-corrected chi connectivity index (χ1v) is 7.30. The second-order valence-corrected chi connectivity index (χ2v) is 5.31. The maximum Gasteiger partial charge on any atom is 0.262 e. The molecule has 5 heteroatoms. The summed E-state index contributed by atoms with van der Waals surface area (Å²) >= 11 is 11.8. The number of halogens is 2. The third-order valence-corrected chi connectivity index (χ3v) is 3.43. The second-order valence-electron chi connectivity index (χ2n) is 4.46. The van der Waals surface area contributed by atoms with Gasteiger partial charge in [0.05, 0.1) is 10.7 Å². The van der Waals surface area contributed by atoms with Gasteiger partial charge in [-0.15, -0.1) is 0 Å². The van der Waals surface area contributed by atoms with Crippen LogP contribution in [0.15, 0.2) is 42.5 Å². The molecule has 3 nitrogen and oxygen atoms in total. The quantitative estimate of drug-likeness (QED) is 0.875. The lowest BCUT2D eigenvalue weighted by molar-refractivity contribution is -0.118. The van der Waals surface area contributed by atoms with E-state index in [4.69, 9.17) is 27.9 Å². The van der Waals surface area contributed by atoms with Gasteiger partial charge in [-0.25, -0.2) is 0 Å². The Morgan fingerprint density at radius 3 is 2.71 bits per heavy atom. The van der Waals surface area contributed by atoms with E-state index in [0.717, 1.165) is 12.0 Å². The molecule has 0 aliphatic rings. The van der Waals surface area contributed by atoms with E-state index in [9.17, 15) is 4.79 Å². The van der Waals surface area contributed by atoms with Crippen molar-refractivity contribution in [3.8, 4) is 5.75 Å². The van der Waals surface area contributed by atoms with E-state index in [0.29, 0.717) is 21.5 Å². The van der Waals surface area contributed by atoms with Crippen LogP contribution in [0.25, 0.3) is 0 Å². The predicted octanol–water partition coefficient (Wildman–Crippen LogP) is 4.57. The highest BCUT2D eigenvalue weighted by Gasteiger charge is 2.07. The van der Waals surface area contributed by atoms with Crippen molar-refractivity contribution in [1.29, 1.82) is 0 Å². The van der Waals surface area contributed by atoms with Gasteiger partial charge in [0.2, 0.25) is 0 Å². The first kappa shape index (κ1) is 15.7. The van der Waals surface area contributed by atoms with Crippen molar-refractivity contribution in [2.24, 2.45) is 0 Å². The zero-order chi connectivity index (χ0) is 15.2. The fourth-order valence-corrected chi connectivity index (χ4v) is 2.24. The number of aryl methyl sites for hydroxylation is 1. The van der Waals surface area contributed by atoms with E-state index in [1.165, 1.54) is 0 Å². The summed E-state index contributed by atoms with van der Waals surface area (Å²) in [7, 11) is 0. The fraction of sp³-hybridized carbons (Fsp3) is 0.188. The van der Waals surface area contributed by atoms with Crippen molar-refractivity contribution in [3.63, 3.8) is 0 Å². The molecule has 0 unspecified atom stereocenters. The molecular weight excluding hydrogens is 309 g/mol. The number of carbonyl (C=O) groups is 1. The number of ether oxygens (including phenoxy) is 1. The Morgan fingerprint density at radius 1 is 1.19 bits per heavy atom. The van der Waals surface area contributed by atoms with Gasteiger partial charge in [-0.2, -0.15) is 0 Å². The van der Waals surface area contributed by atoms with Gasteiger partial charge in [-0.3, -0.25) is 4.79 Å². The summed E-state index contributed by atoms with van der Waals surface area (Å²) in [4.78, 5) is 11.8. The Labute approximate surface area is 133 Å². The molecule has 0 heterocycles. The minimum Gasteiger partial charge on any atom is -0.484 e. The molecule has 0 aliphatic heterocycles. The number of nitrogens with one attached hydrogen (secondary N) is 1.